The summed E-state index contributed by atoms with van der Waals surface area (Å²) < 4.78 is 46.5. The molecule has 1 aromatic heterocycles. The van der Waals surface area contributed by atoms with Crippen LogP contribution in [0.25, 0.3) is 27.7 Å². The summed E-state index contributed by atoms with van der Waals surface area (Å²) in [6, 6.07) is 15.4. The number of aromatic nitrogens is 2. The Kier molecular flexibility index (Phi) is 5.92. The van der Waals surface area contributed by atoms with Crippen LogP contribution in [-0.4, -0.2) is 41.0 Å². The van der Waals surface area contributed by atoms with Gasteiger partial charge in [0.2, 0.25) is 0 Å². The van der Waals surface area contributed by atoms with Gasteiger partial charge in [0.05, 0.1) is 34.8 Å². The van der Waals surface area contributed by atoms with Crippen molar-refractivity contribution >= 4 is 22.1 Å². The average Bonchev–Trinajstić information content (AvgIpc) is 2.89. The number of halogens is 3. The molecule has 0 N–H and O–H groups in total. The first-order valence-corrected chi connectivity index (χ1v) is 11.1. The number of morpholine rings is 1. The van der Waals surface area contributed by atoms with Crippen LogP contribution >= 0.6 is 0 Å². The van der Waals surface area contributed by atoms with Gasteiger partial charge in [-0.1, -0.05) is 30.3 Å². The zero-order valence-electron chi connectivity index (χ0n) is 18.7. The van der Waals surface area contributed by atoms with Crippen molar-refractivity contribution < 1.29 is 22.8 Å². The molecule has 11 heteroatoms. The van der Waals surface area contributed by atoms with E-state index in [-0.39, 0.29) is 28.0 Å². The lowest BCUT2D eigenvalue weighted by Crippen LogP contribution is -2.36. The van der Waals surface area contributed by atoms with E-state index in [1.54, 1.807) is 24.3 Å². The van der Waals surface area contributed by atoms with Gasteiger partial charge in [0.15, 0.2) is 0 Å². The lowest BCUT2D eigenvalue weighted by Gasteiger charge is -2.29. The first kappa shape index (κ1) is 23.5. The maximum atomic E-state index is 13.5. The highest BCUT2D eigenvalue weighted by atomic mass is 19.4. The number of nitro benzene ring substituents is 1. The molecule has 0 amide bonds. The normalized spacial score (nSPS) is 14.2. The Bertz CT molecular complexity index is 1530. The minimum Gasteiger partial charge on any atom is -0.378 e. The molecular weight excluding hydrogens is 477 g/mol. The molecule has 184 valence electrons. The largest absolute Gasteiger partial charge is 0.416 e. The van der Waals surface area contributed by atoms with E-state index in [4.69, 9.17) is 4.74 Å². The summed E-state index contributed by atoms with van der Waals surface area (Å²) in [7, 11) is 0. The van der Waals surface area contributed by atoms with E-state index in [0.29, 0.717) is 37.4 Å². The van der Waals surface area contributed by atoms with Crippen LogP contribution in [0.5, 0.6) is 0 Å². The molecule has 1 saturated heterocycles. The van der Waals surface area contributed by atoms with E-state index >= 15 is 0 Å². The zero-order valence-corrected chi connectivity index (χ0v) is 18.7. The lowest BCUT2D eigenvalue weighted by atomic mass is 10.0. The Morgan fingerprint density at radius 1 is 0.944 bits per heavy atom. The number of rotatable bonds is 4. The molecular formula is C25H19F3N4O4. The fourth-order valence-electron chi connectivity index (χ4n) is 4.26. The summed E-state index contributed by atoms with van der Waals surface area (Å²) in [6.07, 6.45) is -4.58. The number of anilines is 1. The van der Waals surface area contributed by atoms with Crippen molar-refractivity contribution in [2.75, 3.05) is 31.2 Å². The second-order valence-corrected chi connectivity index (χ2v) is 8.22. The van der Waals surface area contributed by atoms with Gasteiger partial charge in [-0.2, -0.15) is 23.0 Å². The standard InChI is InChI=1S/C25H19F3N4O4/c26-25(27,28)17-5-3-4-16(14-17)23-19-6-1-2-7-20(19)24(33)31(29-23)22-15-18(8-9-21(22)32(34)35)30-10-12-36-13-11-30/h1-9,14-15H,10-13H2. The number of alkyl halides is 3. The number of hydrogen-bond donors (Lipinski definition) is 0. The molecule has 0 radical (unpaired) electrons. The lowest BCUT2D eigenvalue weighted by molar-refractivity contribution is -0.384. The first-order valence-electron chi connectivity index (χ1n) is 11.1. The molecule has 0 aliphatic carbocycles. The summed E-state index contributed by atoms with van der Waals surface area (Å²) in [5.74, 6) is 0. The molecule has 0 bridgehead atoms. The number of fused-ring (bicyclic) bond motifs is 1. The first-order chi connectivity index (χ1) is 17.2. The molecule has 5 rings (SSSR count). The van der Waals surface area contributed by atoms with Gasteiger partial charge in [-0.3, -0.25) is 14.9 Å². The molecule has 0 saturated carbocycles. The van der Waals surface area contributed by atoms with Crippen LogP contribution in [0.2, 0.25) is 0 Å². The molecule has 1 fully saturated rings. The Balaban J connectivity index is 1.77. The van der Waals surface area contributed by atoms with Crippen LogP contribution in [0, 0.1) is 10.1 Å². The van der Waals surface area contributed by atoms with Gasteiger partial charge >= 0.3 is 6.18 Å². The maximum Gasteiger partial charge on any atom is 0.416 e. The number of hydrogen-bond acceptors (Lipinski definition) is 6. The van der Waals surface area contributed by atoms with E-state index in [9.17, 15) is 28.1 Å². The van der Waals surface area contributed by atoms with Crippen LogP contribution < -0.4 is 10.5 Å². The monoisotopic (exact) mass is 496 g/mol. The van der Waals surface area contributed by atoms with Crippen molar-refractivity contribution in [3.05, 3.63) is 92.8 Å². The summed E-state index contributed by atoms with van der Waals surface area (Å²) in [4.78, 5) is 26.7. The predicted molar refractivity (Wildman–Crippen MR) is 127 cm³/mol. The number of ether oxygens (including phenoxy) is 1. The van der Waals surface area contributed by atoms with Gasteiger partial charge in [0, 0.05) is 35.8 Å². The number of nitrogens with zero attached hydrogens (tertiary/aromatic N) is 4. The van der Waals surface area contributed by atoms with Crippen LogP contribution in [-0.2, 0) is 10.9 Å². The van der Waals surface area contributed by atoms with E-state index in [1.165, 1.54) is 30.3 Å². The van der Waals surface area contributed by atoms with E-state index < -0.39 is 22.2 Å². The third kappa shape index (κ3) is 4.29. The highest BCUT2D eigenvalue weighted by molar-refractivity contribution is 5.94. The van der Waals surface area contributed by atoms with Crippen molar-refractivity contribution in [2.45, 2.75) is 6.18 Å². The molecule has 0 atom stereocenters. The topological polar surface area (TPSA) is 90.5 Å². The Hall–Kier alpha value is -4.25. The average molecular weight is 496 g/mol. The highest BCUT2D eigenvalue weighted by Crippen LogP contribution is 2.34. The molecule has 3 aromatic carbocycles. The van der Waals surface area contributed by atoms with Crippen LogP contribution in [0.15, 0.2) is 71.5 Å². The molecule has 1 aliphatic rings. The maximum absolute atomic E-state index is 13.5. The Morgan fingerprint density at radius 3 is 2.36 bits per heavy atom. The predicted octanol–water partition coefficient (Wildman–Crippen LogP) is 4.82. The molecule has 1 aliphatic heterocycles. The van der Waals surface area contributed by atoms with Gasteiger partial charge in [0.1, 0.15) is 5.69 Å². The van der Waals surface area contributed by atoms with Crippen LogP contribution in [0.4, 0.5) is 24.5 Å². The minimum atomic E-state index is -4.58. The molecule has 4 aromatic rings. The highest BCUT2D eigenvalue weighted by Gasteiger charge is 2.31. The number of nitro groups is 1. The second-order valence-electron chi connectivity index (χ2n) is 8.22. The molecule has 0 spiro atoms. The third-order valence-electron chi connectivity index (χ3n) is 6.03. The second kappa shape index (κ2) is 9.08. The summed E-state index contributed by atoms with van der Waals surface area (Å²) in [6.45, 7) is 2.10. The fraction of sp³-hybridized carbons (Fsp3) is 0.200. The Morgan fingerprint density at radius 2 is 1.67 bits per heavy atom. The van der Waals surface area contributed by atoms with Crippen molar-refractivity contribution in [1.29, 1.82) is 0 Å². The smallest absolute Gasteiger partial charge is 0.378 e. The van der Waals surface area contributed by atoms with Crippen molar-refractivity contribution in [3.8, 4) is 16.9 Å². The SMILES string of the molecule is O=c1c2ccccc2c(-c2cccc(C(F)(F)F)c2)nn1-c1cc(N2CCOCC2)ccc1[N+](=O)[O-]. The third-order valence-corrected chi connectivity index (χ3v) is 6.03. The van der Waals surface area contributed by atoms with E-state index in [1.807, 2.05) is 4.90 Å². The minimum absolute atomic E-state index is 0.0760. The van der Waals surface area contributed by atoms with Crippen molar-refractivity contribution in [1.82, 2.24) is 9.78 Å². The van der Waals surface area contributed by atoms with Gasteiger partial charge in [-0.15, -0.1) is 0 Å². The quantitative estimate of drug-likeness (QED) is 0.297. The van der Waals surface area contributed by atoms with E-state index in [0.717, 1.165) is 16.8 Å². The Labute approximate surface area is 202 Å². The van der Waals surface area contributed by atoms with Crippen LogP contribution in [0.3, 0.4) is 0 Å². The van der Waals surface area contributed by atoms with Gasteiger partial charge in [-0.05, 0) is 30.3 Å². The van der Waals surface area contributed by atoms with Gasteiger partial charge in [-0.25, -0.2) is 0 Å². The summed E-state index contributed by atoms with van der Waals surface area (Å²) in [5, 5.41) is 16.8. The van der Waals surface area contributed by atoms with Crippen LogP contribution in [0.1, 0.15) is 5.56 Å². The molecule has 36 heavy (non-hydrogen) atoms. The molecule has 0 unspecified atom stereocenters. The van der Waals surface area contributed by atoms with Gasteiger partial charge in [0.25, 0.3) is 11.2 Å². The van der Waals surface area contributed by atoms with Crippen molar-refractivity contribution in [3.63, 3.8) is 0 Å². The number of benzene rings is 3. The molecule has 8 nitrogen and oxygen atoms in total. The summed E-state index contributed by atoms with van der Waals surface area (Å²) >= 11 is 0. The van der Waals surface area contributed by atoms with E-state index in [2.05, 4.69) is 5.10 Å². The fourth-order valence-corrected chi connectivity index (χ4v) is 4.26. The molecule has 2 heterocycles. The van der Waals surface area contributed by atoms with Crippen molar-refractivity contribution in [2.24, 2.45) is 0 Å². The summed E-state index contributed by atoms with van der Waals surface area (Å²) in [5.41, 5.74) is -1.06. The zero-order chi connectivity index (χ0) is 25.4. The van der Waals surface area contributed by atoms with Gasteiger partial charge < -0.3 is 9.64 Å².